The van der Waals surface area contributed by atoms with Crippen LogP contribution >= 0.6 is 0 Å². The van der Waals surface area contributed by atoms with E-state index in [1.54, 1.807) is 0 Å². The molecule has 1 atom stereocenters. The highest BCUT2D eigenvalue weighted by Crippen LogP contribution is 2.14. The van der Waals surface area contributed by atoms with Crippen molar-refractivity contribution < 1.29 is 0 Å². The lowest BCUT2D eigenvalue weighted by molar-refractivity contribution is 0.0623. The fourth-order valence-electron chi connectivity index (χ4n) is 2.10. The van der Waals surface area contributed by atoms with Gasteiger partial charge in [0.05, 0.1) is 12.5 Å². The molecule has 3 nitrogen and oxygen atoms in total. The van der Waals surface area contributed by atoms with Gasteiger partial charge in [0.15, 0.2) is 0 Å². The third-order valence-electron chi connectivity index (χ3n) is 3.10. The molecule has 1 aliphatic heterocycles. The van der Waals surface area contributed by atoms with Crippen molar-refractivity contribution in [1.29, 1.82) is 5.26 Å². The normalized spacial score (nSPS) is 25.2. The van der Waals surface area contributed by atoms with Crippen LogP contribution in [0.5, 0.6) is 0 Å². The van der Waals surface area contributed by atoms with Gasteiger partial charge in [0.25, 0.3) is 0 Å². The highest BCUT2D eigenvalue weighted by Gasteiger charge is 2.26. The molecule has 1 fully saturated rings. The fourth-order valence-corrected chi connectivity index (χ4v) is 2.10. The van der Waals surface area contributed by atoms with Gasteiger partial charge >= 0.3 is 0 Å². The van der Waals surface area contributed by atoms with E-state index in [-0.39, 0.29) is 0 Å². The summed E-state index contributed by atoms with van der Waals surface area (Å²) in [5.74, 6) is 0. The lowest BCUT2D eigenvalue weighted by Crippen LogP contribution is -2.54. The maximum Gasteiger partial charge on any atom is 0.0638 e. The Morgan fingerprint density at radius 3 is 2.64 bits per heavy atom. The molecule has 3 heteroatoms. The average molecular weight is 195 g/mol. The maximum atomic E-state index is 8.76. The molecular formula is C11H21N3. The summed E-state index contributed by atoms with van der Waals surface area (Å²) in [7, 11) is 0. The molecule has 0 bridgehead atoms. The van der Waals surface area contributed by atoms with Gasteiger partial charge in [0.2, 0.25) is 0 Å². The van der Waals surface area contributed by atoms with Crippen LogP contribution in [-0.4, -0.2) is 48.1 Å². The number of hydrogen-bond acceptors (Lipinski definition) is 3. The van der Waals surface area contributed by atoms with Crippen LogP contribution in [-0.2, 0) is 0 Å². The summed E-state index contributed by atoms with van der Waals surface area (Å²) >= 11 is 0. The van der Waals surface area contributed by atoms with Crippen LogP contribution in [0.15, 0.2) is 0 Å². The molecule has 0 saturated carbocycles. The van der Waals surface area contributed by atoms with Crippen LogP contribution in [0.4, 0.5) is 0 Å². The summed E-state index contributed by atoms with van der Waals surface area (Å²) in [5, 5.41) is 8.76. The summed E-state index contributed by atoms with van der Waals surface area (Å²) in [5.41, 5.74) is 0. The first-order valence-electron chi connectivity index (χ1n) is 5.54. The van der Waals surface area contributed by atoms with E-state index < -0.39 is 0 Å². The number of nitriles is 1. The highest BCUT2D eigenvalue weighted by atomic mass is 15.3. The highest BCUT2D eigenvalue weighted by molar-refractivity contribution is 4.89. The van der Waals surface area contributed by atoms with E-state index in [0.29, 0.717) is 18.5 Å². The van der Waals surface area contributed by atoms with Crippen molar-refractivity contribution in [3.8, 4) is 6.07 Å². The van der Waals surface area contributed by atoms with Crippen LogP contribution in [0.3, 0.4) is 0 Å². The maximum absolute atomic E-state index is 8.76. The lowest BCUT2D eigenvalue weighted by atomic mass is 10.1. The minimum absolute atomic E-state index is 0.446. The Morgan fingerprint density at radius 1 is 1.43 bits per heavy atom. The van der Waals surface area contributed by atoms with Crippen molar-refractivity contribution >= 4 is 0 Å². The Balaban J connectivity index is 2.53. The van der Waals surface area contributed by atoms with Crippen molar-refractivity contribution in [3.63, 3.8) is 0 Å². The molecule has 0 radical (unpaired) electrons. The monoisotopic (exact) mass is 195 g/mol. The van der Waals surface area contributed by atoms with Crippen molar-refractivity contribution in [3.05, 3.63) is 0 Å². The molecule has 1 saturated heterocycles. The first-order chi connectivity index (χ1) is 6.69. The second-order valence-electron chi connectivity index (χ2n) is 4.23. The first-order valence-corrected chi connectivity index (χ1v) is 5.54. The first kappa shape index (κ1) is 11.5. The van der Waals surface area contributed by atoms with Gasteiger partial charge in [0.1, 0.15) is 0 Å². The molecule has 0 aromatic carbocycles. The van der Waals surface area contributed by atoms with Crippen LogP contribution in [0.1, 0.15) is 27.2 Å². The Bertz CT molecular complexity index is 207. The predicted octanol–water partition coefficient (Wildman–Crippen LogP) is 1.31. The summed E-state index contributed by atoms with van der Waals surface area (Å²) in [6, 6.07) is 3.35. The minimum Gasteiger partial charge on any atom is -0.298 e. The molecular weight excluding hydrogens is 174 g/mol. The zero-order chi connectivity index (χ0) is 10.6. The minimum atomic E-state index is 0.446. The molecule has 0 N–H and O–H groups in total. The average Bonchev–Trinajstić information content (AvgIpc) is 2.18. The Hall–Kier alpha value is -0.590. The molecule has 0 aromatic rings. The van der Waals surface area contributed by atoms with Gasteiger partial charge in [-0.15, -0.1) is 0 Å². The molecule has 1 heterocycles. The number of piperazine rings is 1. The number of hydrogen-bond donors (Lipinski definition) is 0. The quantitative estimate of drug-likeness (QED) is 0.680. The molecule has 1 rings (SSSR count). The van der Waals surface area contributed by atoms with Crippen LogP contribution in [0.25, 0.3) is 0 Å². The Morgan fingerprint density at radius 2 is 2.14 bits per heavy atom. The molecule has 80 valence electrons. The molecule has 14 heavy (non-hydrogen) atoms. The molecule has 0 unspecified atom stereocenters. The van der Waals surface area contributed by atoms with Crippen molar-refractivity contribution in [2.75, 3.05) is 26.2 Å². The lowest BCUT2D eigenvalue weighted by Gasteiger charge is -2.41. The molecule has 0 aromatic heterocycles. The van der Waals surface area contributed by atoms with Gasteiger partial charge in [-0.2, -0.15) is 5.26 Å². The van der Waals surface area contributed by atoms with Gasteiger partial charge < -0.3 is 0 Å². The topological polar surface area (TPSA) is 30.3 Å². The Kier molecular flexibility index (Phi) is 4.37. The van der Waals surface area contributed by atoms with Crippen LogP contribution in [0.2, 0.25) is 0 Å². The molecule has 0 amide bonds. The second-order valence-corrected chi connectivity index (χ2v) is 4.23. The smallest absolute Gasteiger partial charge is 0.0638 e. The largest absolute Gasteiger partial charge is 0.298 e. The Labute approximate surface area is 87.3 Å². The zero-order valence-corrected chi connectivity index (χ0v) is 9.53. The van der Waals surface area contributed by atoms with Crippen LogP contribution in [0, 0.1) is 11.3 Å². The van der Waals surface area contributed by atoms with E-state index >= 15 is 0 Å². The van der Waals surface area contributed by atoms with Crippen molar-refractivity contribution in [2.24, 2.45) is 0 Å². The summed E-state index contributed by atoms with van der Waals surface area (Å²) < 4.78 is 0. The number of likely N-dealkylation sites (N-methyl/N-ethyl adjacent to an activating group) is 1. The van der Waals surface area contributed by atoms with E-state index in [4.69, 9.17) is 5.26 Å². The van der Waals surface area contributed by atoms with Gasteiger partial charge in [0, 0.05) is 31.7 Å². The van der Waals surface area contributed by atoms with Gasteiger partial charge in [-0.1, -0.05) is 6.92 Å². The SMILES string of the molecule is CCN1CCN(C(C)C)C[C@@H]1CC#N. The van der Waals surface area contributed by atoms with Gasteiger partial charge in [-0.05, 0) is 20.4 Å². The number of rotatable bonds is 3. The van der Waals surface area contributed by atoms with E-state index in [0.717, 1.165) is 26.2 Å². The fraction of sp³-hybridized carbons (Fsp3) is 0.909. The molecule has 1 aliphatic rings. The predicted molar refractivity (Wildman–Crippen MR) is 58.0 cm³/mol. The second kappa shape index (κ2) is 5.33. The summed E-state index contributed by atoms with van der Waals surface area (Å²) in [4.78, 5) is 4.89. The zero-order valence-electron chi connectivity index (χ0n) is 9.53. The third-order valence-corrected chi connectivity index (χ3v) is 3.10. The van der Waals surface area contributed by atoms with E-state index in [1.165, 1.54) is 0 Å². The number of nitrogens with zero attached hydrogens (tertiary/aromatic N) is 3. The standard InChI is InChI=1S/C11H21N3/c1-4-13-7-8-14(10(2)3)9-11(13)5-6-12/h10-11H,4-5,7-9H2,1-3H3/t11-/m0/s1. The van der Waals surface area contributed by atoms with Gasteiger partial charge in [-0.25, -0.2) is 0 Å². The molecule has 0 spiro atoms. The van der Waals surface area contributed by atoms with Gasteiger partial charge in [-0.3, -0.25) is 9.80 Å². The van der Waals surface area contributed by atoms with Crippen molar-refractivity contribution in [2.45, 2.75) is 39.3 Å². The van der Waals surface area contributed by atoms with E-state index in [1.807, 2.05) is 0 Å². The summed E-state index contributed by atoms with van der Waals surface area (Å²) in [6.07, 6.45) is 0.664. The van der Waals surface area contributed by atoms with Crippen molar-refractivity contribution in [1.82, 2.24) is 9.80 Å². The third kappa shape index (κ3) is 2.70. The van der Waals surface area contributed by atoms with E-state index in [9.17, 15) is 0 Å². The van der Waals surface area contributed by atoms with Crippen LogP contribution < -0.4 is 0 Å². The summed E-state index contributed by atoms with van der Waals surface area (Å²) in [6.45, 7) is 11.0. The molecule has 0 aliphatic carbocycles. The van der Waals surface area contributed by atoms with E-state index in [2.05, 4.69) is 36.6 Å².